The Labute approximate surface area is 216 Å². The lowest BCUT2D eigenvalue weighted by Crippen LogP contribution is -2.34. The van der Waals surface area contributed by atoms with Gasteiger partial charge in [0.2, 0.25) is 5.88 Å². The Morgan fingerprint density at radius 1 is 0.946 bits per heavy atom. The maximum atomic E-state index is 12.2. The minimum atomic E-state index is -0.563. The zero-order valence-corrected chi connectivity index (χ0v) is 20.8. The fraction of sp³-hybridized carbons (Fsp3) is 0.167. The highest BCUT2D eigenvalue weighted by Gasteiger charge is 2.17. The topological polar surface area (TPSA) is 79.4 Å². The van der Waals surface area contributed by atoms with Crippen molar-refractivity contribution in [3.63, 3.8) is 0 Å². The van der Waals surface area contributed by atoms with Crippen LogP contribution in [0.4, 0.5) is 5.69 Å². The van der Waals surface area contributed by atoms with Crippen molar-refractivity contribution < 1.29 is 14.6 Å². The van der Waals surface area contributed by atoms with Crippen LogP contribution in [0.2, 0.25) is 0 Å². The summed E-state index contributed by atoms with van der Waals surface area (Å²) in [6, 6.07) is 29.4. The average Bonchev–Trinajstić information content (AvgIpc) is 3.15. The molecule has 188 valence electrons. The van der Waals surface area contributed by atoms with Crippen LogP contribution in [-0.2, 0) is 24.6 Å². The molecule has 0 saturated heterocycles. The molecule has 0 aliphatic carbocycles. The van der Waals surface area contributed by atoms with E-state index in [-0.39, 0.29) is 18.2 Å². The number of ether oxygens (including phenoxy) is 1. The van der Waals surface area contributed by atoms with Gasteiger partial charge in [0.25, 0.3) is 0 Å². The third-order valence-electron chi connectivity index (χ3n) is 5.83. The fourth-order valence-electron chi connectivity index (χ4n) is 4.07. The Balaban J connectivity index is 1.56. The molecule has 0 unspecified atom stereocenters. The number of hydrogen-bond acceptors (Lipinski definition) is 5. The van der Waals surface area contributed by atoms with Gasteiger partial charge in [-0.15, -0.1) is 10.2 Å². The maximum Gasteiger partial charge on any atom is 0.302 e. The molecule has 0 saturated carbocycles. The van der Waals surface area contributed by atoms with E-state index < -0.39 is 5.91 Å². The predicted molar refractivity (Wildman–Crippen MR) is 145 cm³/mol. The first-order valence-corrected chi connectivity index (χ1v) is 12.0. The molecule has 0 bridgehead atoms. The average molecular weight is 495 g/mol. The van der Waals surface area contributed by atoms with Crippen LogP contribution in [0.1, 0.15) is 18.1 Å². The van der Waals surface area contributed by atoms with Gasteiger partial charge in [-0.3, -0.25) is 14.3 Å². The number of carbonyl (C=O) groups excluding carboxylic acids is 1. The van der Waals surface area contributed by atoms with Gasteiger partial charge in [0.15, 0.2) is 12.3 Å². The van der Waals surface area contributed by atoms with E-state index >= 15 is 0 Å². The molecule has 37 heavy (non-hydrogen) atoms. The van der Waals surface area contributed by atoms with Crippen molar-refractivity contribution in [3.05, 3.63) is 113 Å². The molecular formula is C30H30N4O3. The highest BCUT2D eigenvalue weighted by Crippen LogP contribution is 2.23. The molecule has 1 aromatic heterocycles. The first kappa shape index (κ1) is 25.6. The first-order valence-electron chi connectivity index (χ1n) is 12.0. The van der Waals surface area contributed by atoms with Gasteiger partial charge in [-0.1, -0.05) is 91.5 Å². The normalized spacial score (nSPS) is 11.9. The molecule has 4 aromatic rings. The largest absolute Gasteiger partial charge is 0.493 e. The van der Waals surface area contributed by atoms with E-state index in [1.54, 1.807) is 16.7 Å². The number of benzene rings is 3. The number of nitrogens with zero attached hydrogens (tertiary/aromatic N) is 4. The number of aromatic hydroxyl groups is 1. The standard InChI is InChI=1S/C30H30N4O3/c1-3-27-23(2)29(32-31-28(35)21-37-26-17-11-6-12-18-26)30(36)34(27)22-33(19-24-13-7-4-8-14-24)20-25-15-9-5-10-16-25/h3-18,36H,2,19-22H2,1H3. The predicted octanol–water partition coefficient (Wildman–Crippen LogP) is 4.75. The minimum absolute atomic E-state index is 0.0928. The van der Waals surface area contributed by atoms with Crippen molar-refractivity contribution in [3.8, 4) is 11.6 Å². The lowest BCUT2D eigenvalue weighted by molar-refractivity contribution is -0.120. The highest BCUT2D eigenvalue weighted by molar-refractivity contribution is 5.78. The van der Waals surface area contributed by atoms with Crippen LogP contribution >= 0.6 is 0 Å². The molecule has 1 N–H and O–H groups in total. The van der Waals surface area contributed by atoms with E-state index in [4.69, 9.17) is 4.74 Å². The van der Waals surface area contributed by atoms with Gasteiger partial charge in [0.05, 0.1) is 12.0 Å². The van der Waals surface area contributed by atoms with Gasteiger partial charge in [-0.2, -0.15) is 0 Å². The molecule has 0 spiro atoms. The van der Waals surface area contributed by atoms with E-state index in [0.29, 0.717) is 36.1 Å². The van der Waals surface area contributed by atoms with Crippen LogP contribution in [0.25, 0.3) is 12.7 Å². The molecule has 0 atom stereocenters. The second kappa shape index (κ2) is 12.5. The SMILES string of the molecule is C=c1c(N=NC(=O)COc2ccccc2)c(O)n(CN(Cc2ccccc2)Cc2ccccc2)c1=CC. The van der Waals surface area contributed by atoms with Gasteiger partial charge < -0.3 is 9.84 Å². The molecule has 0 radical (unpaired) electrons. The monoisotopic (exact) mass is 494 g/mol. The molecule has 4 rings (SSSR count). The zero-order valence-electron chi connectivity index (χ0n) is 20.8. The fourth-order valence-corrected chi connectivity index (χ4v) is 4.07. The summed E-state index contributed by atoms with van der Waals surface area (Å²) in [7, 11) is 0. The summed E-state index contributed by atoms with van der Waals surface area (Å²) < 4.78 is 7.18. The summed E-state index contributed by atoms with van der Waals surface area (Å²) in [4.78, 5) is 14.5. The summed E-state index contributed by atoms with van der Waals surface area (Å²) in [5, 5.41) is 20.1. The molecule has 0 fully saturated rings. The van der Waals surface area contributed by atoms with Gasteiger partial charge in [-0.25, -0.2) is 0 Å². The number of rotatable bonds is 10. The van der Waals surface area contributed by atoms with Crippen molar-refractivity contribution in [2.24, 2.45) is 10.2 Å². The Kier molecular flexibility index (Phi) is 8.62. The van der Waals surface area contributed by atoms with E-state index in [0.717, 1.165) is 11.1 Å². The van der Waals surface area contributed by atoms with Gasteiger partial charge in [-0.05, 0) is 30.2 Å². The lowest BCUT2D eigenvalue weighted by Gasteiger charge is -2.24. The van der Waals surface area contributed by atoms with E-state index in [9.17, 15) is 9.90 Å². The van der Waals surface area contributed by atoms with Crippen LogP contribution in [0.15, 0.2) is 101 Å². The Hall–Kier alpha value is -4.49. The second-order valence-electron chi connectivity index (χ2n) is 8.55. The first-order chi connectivity index (χ1) is 18.0. The maximum absolute atomic E-state index is 12.2. The van der Waals surface area contributed by atoms with Crippen LogP contribution in [0.5, 0.6) is 11.6 Å². The smallest absolute Gasteiger partial charge is 0.302 e. The summed E-state index contributed by atoms with van der Waals surface area (Å²) in [5.41, 5.74) is 2.48. The number of carbonyl (C=O) groups is 1. The summed E-state index contributed by atoms with van der Waals surface area (Å²) >= 11 is 0. The quantitative estimate of drug-likeness (QED) is 0.323. The molecule has 1 heterocycles. The van der Waals surface area contributed by atoms with Crippen molar-refractivity contribution in [1.82, 2.24) is 9.47 Å². The molecule has 0 aliphatic rings. The second-order valence-corrected chi connectivity index (χ2v) is 8.55. The molecule has 0 aliphatic heterocycles. The number of hydrogen-bond donors (Lipinski definition) is 1. The van der Waals surface area contributed by atoms with Crippen molar-refractivity contribution in [2.45, 2.75) is 26.7 Å². The highest BCUT2D eigenvalue weighted by atomic mass is 16.5. The van der Waals surface area contributed by atoms with Crippen molar-refractivity contribution in [1.29, 1.82) is 0 Å². The number of para-hydroxylation sites is 1. The summed E-state index contributed by atoms with van der Waals surface area (Å²) in [6.07, 6.45) is 1.87. The zero-order chi connectivity index (χ0) is 26.0. The van der Waals surface area contributed by atoms with Crippen LogP contribution in [-0.4, -0.2) is 27.1 Å². The number of amides is 1. The molecule has 7 heteroatoms. The van der Waals surface area contributed by atoms with Crippen molar-refractivity contribution in [2.75, 3.05) is 6.61 Å². The lowest BCUT2D eigenvalue weighted by atomic mass is 10.2. The van der Waals surface area contributed by atoms with Gasteiger partial charge in [0, 0.05) is 18.3 Å². The summed E-state index contributed by atoms with van der Waals surface area (Å²) in [5.74, 6) is -0.0883. The molecule has 3 aromatic carbocycles. The Bertz CT molecular complexity index is 1410. The number of azo groups is 1. The van der Waals surface area contributed by atoms with Crippen molar-refractivity contribution >= 4 is 24.2 Å². The van der Waals surface area contributed by atoms with Crippen LogP contribution < -0.4 is 15.3 Å². The summed E-state index contributed by atoms with van der Waals surface area (Å²) in [6.45, 7) is 7.45. The molecule has 7 nitrogen and oxygen atoms in total. The van der Waals surface area contributed by atoms with E-state index in [1.165, 1.54) is 0 Å². The third-order valence-corrected chi connectivity index (χ3v) is 5.83. The molecular weight excluding hydrogens is 464 g/mol. The van der Waals surface area contributed by atoms with Gasteiger partial charge >= 0.3 is 5.91 Å². The van der Waals surface area contributed by atoms with E-state index in [2.05, 4.69) is 46.0 Å². The minimum Gasteiger partial charge on any atom is -0.493 e. The molecule has 1 amide bonds. The van der Waals surface area contributed by atoms with Crippen LogP contribution in [0.3, 0.4) is 0 Å². The number of aromatic nitrogens is 1. The third kappa shape index (κ3) is 6.80. The Morgan fingerprint density at radius 2 is 1.49 bits per heavy atom. The van der Waals surface area contributed by atoms with Crippen LogP contribution in [0, 0.1) is 0 Å². The Morgan fingerprint density at radius 3 is 2.03 bits per heavy atom. The van der Waals surface area contributed by atoms with Gasteiger partial charge in [0.1, 0.15) is 5.75 Å². The van der Waals surface area contributed by atoms with E-state index in [1.807, 2.05) is 67.6 Å².